The highest BCUT2D eigenvalue weighted by Gasteiger charge is 2.33. The summed E-state index contributed by atoms with van der Waals surface area (Å²) in [6.45, 7) is 0.834. The molecule has 0 saturated carbocycles. The van der Waals surface area contributed by atoms with Gasteiger partial charge in [0.15, 0.2) is 10.9 Å². The molecule has 11 heteroatoms. The van der Waals surface area contributed by atoms with Gasteiger partial charge < -0.3 is 4.18 Å². The van der Waals surface area contributed by atoms with Crippen molar-refractivity contribution in [1.82, 2.24) is 4.90 Å². The lowest BCUT2D eigenvalue weighted by Crippen LogP contribution is -2.28. The highest BCUT2D eigenvalue weighted by atomic mass is 79.9. The van der Waals surface area contributed by atoms with Gasteiger partial charge in [0.2, 0.25) is 0 Å². The first-order valence-electron chi connectivity index (χ1n) is 12.2. The van der Waals surface area contributed by atoms with Crippen LogP contribution in [-0.4, -0.2) is 24.4 Å². The molecule has 0 radical (unpaired) electrons. The number of amides is 1. The number of thioether (sulfide) groups is 1. The molecule has 41 heavy (non-hydrogen) atoms. The largest absolute Gasteiger partial charge is 0.377 e. The smallest absolute Gasteiger partial charge is 0.339 e. The van der Waals surface area contributed by atoms with E-state index in [0.29, 0.717) is 42.7 Å². The molecule has 4 aromatic rings. The topological polar surface area (TPSA) is 76.0 Å². The summed E-state index contributed by atoms with van der Waals surface area (Å²) >= 11 is 14.0. The van der Waals surface area contributed by atoms with Gasteiger partial charge in [-0.25, -0.2) is 0 Å². The Hall–Kier alpha value is -2.89. The normalized spacial score (nSPS) is 15.6. The van der Waals surface area contributed by atoms with Crippen LogP contribution in [0.2, 0.25) is 5.02 Å². The van der Waals surface area contributed by atoms with E-state index < -0.39 is 10.1 Å². The van der Waals surface area contributed by atoms with Gasteiger partial charge in [-0.1, -0.05) is 72.3 Å². The van der Waals surface area contributed by atoms with Gasteiger partial charge in [-0.2, -0.15) is 8.42 Å². The summed E-state index contributed by atoms with van der Waals surface area (Å²) in [5.41, 5.74) is 2.70. The molecule has 5 rings (SSSR count). The van der Waals surface area contributed by atoms with Crippen LogP contribution in [0.4, 0.5) is 0 Å². The van der Waals surface area contributed by atoms with E-state index in [9.17, 15) is 13.2 Å². The third-order valence-corrected chi connectivity index (χ3v) is 9.64. The average molecular weight is 733 g/mol. The predicted molar refractivity (Wildman–Crippen MR) is 171 cm³/mol. The molecule has 0 spiro atoms. The van der Waals surface area contributed by atoms with Crippen molar-refractivity contribution in [2.24, 2.45) is 4.99 Å². The van der Waals surface area contributed by atoms with Crippen LogP contribution in [0.1, 0.15) is 16.7 Å². The van der Waals surface area contributed by atoms with E-state index >= 15 is 0 Å². The maximum Gasteiger partial charge on any atom is 0.339 e. The number of carbonyl (C=O) groups is 1. The standard InChI is InChI=1S/C30H21Br2ClN2O4S2/c31-25-15-22(16-26(32)28(25)39-41(37,38)24-13-11-23(33)12-14-24)17-27-29(36)35(19-21-9-5-2-6-10-21)30(40-27)34-18-20-7-3-1-4-8-20/h1-17H,18-19H2/b27-17+,34-30?. The molecule has 1 amide bonds. The minimum absolute atomic E-state index is 0.0272. The van der Waals surface area contributed by atoms with Gasteiger partial charge in [-0.15, -0.1) is 0 Å². The van der Waals surface area contributed by atoms with Crippen molar-refractivity contribution < 1.29 is 17.4 Å². The first kappa shape index (κ1) is 29.6. The second-order valence-electron chi connectivity index (χ2n) is 8.88. The lowest BCUT2D eigenvalue weighted by atomic mass is 10.2. The molecule has 1 fully saturated rings. The zero-order valence-corrected chi connectivity index (χ0v) is 26.8. The van der Waals surface area contributed by atoms with Gasteiger partial charge >= 0.3 is 10.1 Å². The molecule has 0 atom stereocenters. The van der Waals surface area contributed by atoms with Crippen LogP contribution in [0, 0.1) is 0 Å². The fourth-order valence-electron chi connectivity index (χ4n) is 3.93. The van der Waals surface area contributed by atoms with E-state index in [2.05, 4.69) is 31.9 Å². The summed E-state index contributed by atoms with van der Waals surface area (Å²) in [4.78, 5) is 20.5. The molecule has 0 aliphatic carbocycles. The number of halogens is 3. The van der Waals surface area contributed by atoms with Gasteiger partial charge in [0.1, 0.15) is 4.90 Å². The Morgan fingerprint density at radius 2 is 1.46 bits per heavy atom. The van der Waals surface area contributed by atoms with Crippen molar-refractivity contribution >= 4 is 82.5 Å². The fraction of sp³-hybridized carbons (Fsp3) is 0.0667. The maximum absolute atomic E-state index is 13.6. The van der Waals surface area contributed by atoms with Gasteiger partial charge in [0, 0.05) is 5.02 Å². The molecular formula is C30H21Br2ClN2O4S2. The molecule has 1 saturated heterocycles. The Morgan fingerprint density at radius 1 is 0.878 bits per heavy atom. The monoisotopic (exact) mass is 730 g/mol. The molecule has 1 aliphatic heterocycles. The van der Waals surface area contributed by atoms with Crippen molar-refractivity contribution in [3.63, 3.8) is 0 Å². The Labute approximate surface area is 264 Å². The molecule has 6 nitrogen and oxygen atoms in total. The first-order chi connectivity index (χ1) is 19.7. The van der Waals surface area contributed by atoms with Crippen LogP contribution in [0.25, 0.3) is 6.08 Å². The predicted octanol–water partition coefficient (Wildman–Crippen LogP) is 8.31. The van der Waals surface area contributed by atoms with Crippen LogP contribution in [-0.2, 0) is 28.0 Å². The number of nitrogens with zero attached hydrogens (tertiary/aromatic N) is 2. The third kappa shape index (κ3) is 7.31. The van der Waals surface area contributed by atoms with Gasteiger partial charge in [0.25, 0.3) is 5.91 Å². The summed E-state index contributed by atoms with van der Waals surface area (Å²) in [6.07, 6.45) is 1.75. The molecule has 0 bridgehead atoms. The summed E-state index contributed by atoms with van der Waals surface area (Å²) < 4.78 is 31.9. The van der Waals surface area contributed by atoms with Crippen LogP contribution in [0.3, 0.4) is 0 Å². The second-order valence-corrected chi connectivity index (χ2v) is 13.6. The average Bonchev–Trinajstić information content (AvgIpc) is 3.24. The molecule has 208 valence electrons. The lowest BCUT2D eigenvalue weighted by molar-refractivity contribution is -0.122. The second kappa shape index (κ2) is 13.0. The number of hydrogen-bond donors (Lipinski definition) is 0. The zero-order valence-electron chi connectivity index (χ0n) is 21.2. The van der Waals surface area contributed by atoms with Crippen molar-refractivity contribution in [3.05, 3.63) is 133 Å². The van der Waals surface area contributed by atoms with Crippen molar-refractivity contribution in [2.45, 2.75) is 18.0 Å². The number of amidine groups is 1. The van der Waals surface area contributed by atoms with Gasteiger partial charge in [0.05, 0.1) is 26.9 Å². The SMILES string of the molecule is O=C1/C(=C\c2cc(Br)c(OS(=O)(=O)c3ccc(Cl)cc3)c(Br)c2)SC(=NCc2ccccc2)N1Cc1ccccc1. The van der Waals surface area contributed by atoms with Crippen LogP contribution in [0.5, 0.6) is 5.75 Å². The number of hydrogen-bond acceptors (Lipinski definition) is 6. The molecule has 4 aromatic carbocycles. The molecule has 1 aliphatic rings. The summed E-state index contributed by atoms with van der Waals surface area (Å²) in [6, 6.07) is 28.7. The molecule has 1 heterocycles. The highest BCUT2D eigenvalue weighted by Crippen LogP contribution is 2.39. The van der Waals surface area contributed by atoms with Crippen molar-refractivity contribution in [2.75, 3.05) is 0 Å². The molecule has 0 unspecified atom stereocenters. The summed E-state index contributed by atoms with van der Waals surface area (Å²) in [7, 11) is -4.11. The van der Waals surface area contributed by atoms with Gasteiger partial charge in [-0.3, -0.25) is 14.7 Å². The number of aliphatic imine (C=N–C) groups is 1. The van der Waals surface area contributed by atoms with E-state index in [1.54, 1.807) is 23.1 Å². The maximum atomic E-state index is 13.6. The zero-order chi connectivity index (χ0) is 29.0. The van der Waals surface area contributed by atoms with E-state index in [0.717, 1.165) is 11.1 Å². The van der Waals surface area contributed by atoms with Crippen LogP contribution < -0.4 is 4.18 Å². The molecular weight excluding hydrogens is 712 g/mol. The van der Waals surface area contributed by atoms with Crippen molar-refractivity contribution in [1.29, 1.82) is 0 Å². The minimum Gasteiger partial charge on any atom is -0.377 e. The number of rotatable bonds is 8. The Balaban J connectivity index is 1.42. The van der Waals surface area contributed by atoms with Crippen LogP contribution in [0.15, 0.2) is 121 Å². The van der Waals surface area contributed by atoms with Crippen LogP contribution >= 0.6 is 55.2 Å². The number of benzene rings is 4. The quantitative estimate of drug-likeness (QED) is 0.135. The van der Waals surface area contributed by atoms with E-state index in [1.807, 2.05) is 60.7 Å². The van der Waals surface area contributed by atoms with E-state index in [1.165, 1.54) is 36.0 Å². The lowest BCUT2D eigenvalue weighted by Gasteiger charge is -2.15. The molecule has 0 aromatic heterocycles. The Morgan fingerprint density at radius 3 is 2.07 bits per heavy atom. The van der Waals surface area contributed by atoms with Gasteiger partial charge in [-0.05, 0) is 103 Å². The summed E-state index contributed by atoms with van der Waals surface area (Å²) in [5.74, 6) is -0.0770. The first-order valence-corrected chi connectivity index (χ1v) is 16.4. The Bertz CT molecular complexity index is 1730. The molecule has 0 N–H and O–H groups in total. The number of carbonyl (C=O) groups excluding carboxylic acids is 1. The minimum atomic E-state index is -4.11. The van der Waals surface area contributed by atoms with E-state index in [-0.39, 0.29) is 16.6 Å². The highest BCUT2D eigenvalue weighted by molar-refractivity contribution is 9.11. The van der Waals surface area contributed by atoms with Crippen molar-refractivity contribution in [3.8, 4) is 5.75 Å². The third-order valence-electron chi connectivity index (χ3n) is 5.93. The summed E-state index contributed by atoms with van der Waals surface area (Å²) in [5, 5.41) is 1.03. The van der Waals surface area contributed by atoms with E-state index in [4.69, 9.17) is 20.8 Å². The Kier molecular flexibility index (Phi) is 9.35. The fourth-order valence-corrected chi connectivity index (χ4v) is 7.59.